The van der Waals surface area contributed by atoms with Gasteiger partial charge in [-0.3, -0.25) is 0 Å². The minimum Gasteiger partial charge on any atom is -0.491 e. The van der Waals surface area contributed by atoms with Crippen LogP contribution in [0, 0.1) is 13.8 Å². The summed E-state index contributed by atoms with van der Waals surface area (Å²) in [5.74, 6) is 0.837. The number of rotatable bonds is 8. The van der Waals surface area contributed by atoms with Crippen molar-refractivity contribution in [3.8, 4) is 5.75 Å². The summed E-state index contributed by atoms with van der Waals surface area (Å²) >= 11 is 0. The molecule has 0 aliphatic heterocycles. The molecule has 2 unspecified atom stereocenters. The fraction of sp³-hybridized carbons (Fsp3) is 0.500. The summed E-state index contributed by atoms with van der Waals surface area (Å²) in [6, 6.07) is 6.37. The standard InChI is InChI=1S/C16H25NO2/c1-5-6-14(4)17-10-15(18)11-19-16-8-7-12(2)9-13(16)3/h5,7-9,14-15,17-18H,1,6,10-11H2,2-4H3. The van der Waals surface area contributed by atoms with Gasteiger partial charge in [-0.1, -0.05) is 23.8 Å². The van der Waals surface area contributed by atoms with Gasteiger partial charge in [-0.05, 0) is 38.8 Å². The van der Waals surface area contributed by atoms with E-state index in [2.05, 4.69) is 31.8 Å². The Morgan fingerprint density at radius 3 is 2.79 bits per heavy atom. The largest absolute Gasteiger partial charge is 0.491 e. The first-order valence-electron chi connectivity index (χ1n) is 6.75. The second-order valence-electron chi connectivity index (χ2n) is 5.07. The van der Waals surface area contributed by atoms with Gasteiger partial charge in [0.2, 0.25) is 0 Å². The van der Waals surface area contributed by atoms with Crippen molar-refractivity contribution in [2.45, 2.75) is 39.3 Å². The van der Waals surface area contributed by atoms with E-state index in [1.165, 1.54) is 5.56 Å². The van der Waals surface area contributed by atoms with Gasteiger partial charge in [0.1, 0.15) is 18.5 Å². The molecule has 0 aliphatic rings. The van der Waals surface area contributed by atoms with E-state index in [0.717, 1.165) is 17.7 Å². The lowest BCUT2D eigenvalue weighted by Crippen LogP contribution is -2.36. The fourth-order valence-corrected chi connectivity index (χ4v) is 1.88. The van der Waals surface area contributed by atoms with Gasteiger partial charge in [-0.25, -0.2) is 0 Å². The van der Waals surface area contributed by atoms with Gasteiger partial charge in [0.15, 0.2) is 0 Å². The average Bonchev–Trinajstić information content (AvgIpc) is 2.35. The van der Waals surface area contributed by atoms with Crippen molar-refractivity contribution in [2.24, 2.45) is 0 Å². The lowest BCUT2D eigenvalue weighted by molar-refractivity contribution is 0.104. The van der Waals surface area contributed by atoms with Crippen molar-refractivity contribution in [3.05, 3.63) is 42.0 Å². The molecule has 0 radical (unpaired) electrons. The molecule has 1 aromatic carbocycles. The van der Waals surface area contributed by atoms with E-state index in [1.54, 1.807) is 0 Å². The molecule has 0 heterocycles. The number of ether oxygens (including phenoxy) is 1. The maximum atomic E-state index is 9.86. The molecule has 0 saturated heterocycles. The fourth-order valence-electron chi connectivity index (χ4n) is 1.88. The summed E-state index contributed by atoms with van der Waals surface area (Å²) in [6.07, 6.45) is 2.26. The van der Waals surface area contributed by atoms with Crippen molar-refractivity contribution < 1.29 is 9.84 Å². The van der Waals surface area contributed by atoms with Crippen LogP contribution in [0.25, 0.3) is 0 Å². The smallest absolute Gasteiger partial charge is 0.122 e. The molecule has 106 valence electrons. The second-order valence-corrected chi connectivity index (χ2v) is 5.07. The summed E-state index contributed by atoms with van der Waals surface area (Å²) in [5, 5.41) is 13.1. The first-order chi connectivity index (χ1) is 9.02. The number of nitrogens with one attached hydrogen (secondary N) is 1. The highest BCUT2D eigenvalue weighted by molar-refractivity contribution is 5.35. The van der Waals surface area contributed by atoms with Crippen LogP contribution >= 0.6 is 0 Å². The number of hydrogen-bond donors (Lipinski definition) is 2. The summed E-state index contributed by atoms with van der Waals surface area (Å²) in [6.45, 7) is 10.7. The number of aliphatic hydroxyl groups excluding tert-OH is 1. The zero-order chi connectivity index (χ0) is 14.3. The molecule has 0 saturated carbocycles. The molecule has 0 bridgehead atoms. The molecule has 1 rings (SSSR count). The quantitative estimate of drug-likeness (QED) is 0.708. The van der Waals surface area contributed by atoms with Crippen molar-refractivity contribution in [3.63, 3.8) is 0 Å². The number of aliphatic hydroxyl groups is 1. The molecule has 2 N–H and O–H groups in total. The van der Waals surface area contributed by atoms with E-state index in [0.29, 0.717) is 19.2 Å². The van der Waals surface area contributed by atoms with Crippen molar-refractivity contribution in [2.75, 3.05) is 13.2 Å². The van der Waals surface area contributed by atoms with Gasteiger partial charge in [0.25, 0.3) is 0 Å². The minimum absolute atomic E-state index is 0.303. The van der Waals surface area contributed by atoms with Gasteiger partial charge in [0, 0.05) is 12.6 Å². The van der Waals surface area contributed by atoms with E-state index >= 15 is 0 Å². The van der Waals surface area contributed by atoms with E-state index in [1.807, 2.05) is 25.1 Å². The number of hydrogen-bond acceptors (Lipinski definition) is 3. The molecule has 0 amide bonds. The maximum Gasteiger partial charge on any atom is 0.122 e. The van der Waals surface area contributed by atoms with E-state index < -0.39 is 6.10 Å². The van der Waals surface area contributed by atoms with Gasteiger partial charge in [-0.15, -0.1) is 6.58 Å². The normalized spacial score (nSPS) is 13.9. The highest BCUT2D eigenvalue weighted by Gasteiger charge is 2.08. The monoisotopic (exact) mass is 263 g/mol. The van der Waals surface area contributed by atoms with Gasteiger partial charge < -0.3 is 15.2 Å². The van der Waals surface area contributed by atoms with Crippen LogP contribution in [0.15, 0.2) is 30.9 Å². The van der Waals surface area contributed by atoms with Crippen LogP contribution in [-0.4, -0.2) is 30.4 Å². The highest BCUT2D eigenvalue weighted by atomic mass is 16.5. The Bertz CT molecular complexity index is 404. The third-order valence-corrected chi connectivity index (χ3v) is 2.98. The van der Waals surface area contributed by atoms with Gasteiger partial charge in [0.05, 0.1) is 0 Å². The molecule has 0 aromatic heterocycles. The average molecular weight is 263 g/mol. The second kappa shape index (κ2) is 7.97. The number of aryl methyl sites for hydroxylation is 2. The van der Waals surface area contributed by atoms with Gasteiger partial charge in [-0.2, -0.15) is 0 Å². The van der Waals surface area contributed by atoms with Crippen LogP contribution in [0.3, 0.4) is 0 Å². The molecule has 19 heavy (non-hydrogen) atoms. The first-order valence-corrected chi connectivity index (χ1v) is 6.75. The summed E-state index contributed by atoms with van der Waals surface area (Å²) in [4.78, 5) is 0. The van der Waals surface area contributed by atoms with Crippen molar-refractivity contribution in [1.29, 1.82) is 0 Å². The molecule has 0 aliphatic carbocycles. The van der Waals surface area contributed by atoms with Crippen LogP contribution in [0.1, 0.15) is 24.5 Å². The van der Waals surface area contributed by atoms with E-state index in [4.69, 9.17) is 4.74 Å². The molecule has 3 nitrogen and oxygen atoms in total. The molecule has 0 fully saturated rings. The number of benzene rings is 1. The third-order valence-electron chi connectivity index (χ3n) is 2.98. The maximum absolute atomic E-state index is 9.86. The van der Waals surface area contributed by atoms with Crippen molar-refractivity contribution >= 4 is 0 Å². The van der Waals surface area contributed by atoms with Crippen LogP contribution in [0.4, 0.5) is 0 Å². The Labute approximate surface area is 116 Å². The van der Waals surface area contributed by atoms with Crippen LogP contribution in [0.5, 0.6) is 5.75 Å². The SMILES string of the molecule is C=CCC(C)NCC(O)COc1ccc(C)cc1C. The lowest BCUT2D eigenvalue weighted by Gasteiger charge is -2.17. The predicted molar refractivity (Wildman–Crippen MR) is 79.7 cm³/mol. The Kier molecular flexibility index (Phi) is 6.60. The molecular weight excluding hydrogens is 238 g/mol. The first kappa shape index (κ1) is 15.7. The predicted octanol–water partition coefficient (Wildman–Crippen LogP) is 2.60. The molecular formula is C16H25NO2. The Hall–Kier alpha value is -1.32. The summed E-state index contributed by atoms with van der Waals surface area (Å²) in [5.41, 5.74) is 2.31. The molecule has 2 atom stereocenters. The minimum atomic E-state index is -0.507. The van der Waals surface area contributed by atoms with E-state index in [9.17, 15) is 5.11 Å². The topological polar surface area (TPSA) is 41.5 Å². The van der Waals surface area contributed by atoms with Gasteiger partial charge >= 0.3 is 0 Å². The Balaban J connectivity index is 2.33. The Morgan fingerprint density at radius 1 is 1.42 bits per heavy atom. The zero-order valence-electron chi connectivity index (χ0n) is 12.1. The van der Waals surface area contributed by atoms with Crippen molar-refractivity contribution in [1.82, 2.24) is 5.32 Å². The van der Waals surface area contributed by atoms with E-state index in [-0.39, 0.29) is 0 Å². The molecule has 1 aromatic rings. The summed E-state index contributed by atoms with van der Waals surface area (Å²) in [7, 11) is 0. The molecule has 0 spiro atoms. The highest BCUT2D eigenvalue weighted by Crippen LogP contribution is 2.18. The Morgan fingerprint density at radius 2 is 2.16 bits per heavy atom. The summed E-state index contributed by atoms with van der Waals surface area (Å²) < 4.78 is 5.64. The van der Waals surface area contributed by atoms with Crippen LogP contribution in [0.2, 0.25) is 0 Å². The van der Waals surface area contributed by atoms with Crippen LogP contribution < -0.4 is 10.1 Å². The molecule has 3 heteroatoms. The third kappa shape index (κ3) is 5.90. The zero-order valence-corrected chi connectivity index (χ0v) is 12.1. The lowest BCUT2D eigenvalue weighted by atomic mass is 10.1. The van der Waals surface area contributed by atoms with Crippen LogP contribution in [-0.2, 0) is 0 Å².